The van der Waals surface area contributed by atoms with Gasteiger partial charge in [0.1, 0.15) is 0 Å². The zero-order chi connectivity index (χ0) is 9.00. The van der Waals surface area contributed by atoms with Crippen LogP contribution in [0.5, 0.6) is 0 Å². The maximum absolute atomic E-state index is 8.77. The van der Waals surface area contributed by atoms with Gasteiger partial charge in [0.05, 0.1) is 7.82 Å². The van der Waals surface area contributed by atoms with Crippen LogP contribution in [0.15, 0.2) is 0 Å². The van der Waals surface area contributed by atoms with Gasteiger partial charge in [0.25, 0.3) is 7.82 Å². The van der Waals surface area contributed by atoms with Gasteiger partial charge in [-0.25, -0.2) is 0 Å². The van der Waals surface area contributed by atoms with Crippen LogP contribution in [0.2, 0.25) is 0 Å². The van der Waals surface area contributed by atoms with E-state index in [2.05, 4.69) is 0 Å². The van der Waals surface area contributed by atoms with Gasteiger partial charge < -0.3 is 46.3 Å². The van der Waals surface area contributed by atoms with E-state index in [4.69, 9.17) is 38.5 Å². The predicted molar refractivity (Wildman–Crippen MR) is 21.9 cm³/mol. The molecule has 0 radical (unpaired) electrons. The van der Waals surface area contributed by atoms with Gasteiger partial charge in [0, 0.05) is 0 Å². The molecule has 72 valence electrons. The maximum atomic E-state index is 8.77. The molecule has 0 atom stereocenters. The van der Waals surface area contributed by atoms with Gasteiger partial charge in [-0.05, 0) is 0 Å². The molecule has 0 heterocycles. The molecule has 15 heteroatoms. The van der Waals surface area contributed by atoms with Crippen LogP contribution in [0.4, 0.5) is 0 Å². The van der Waals surface area contributed by atoms with Gasteiger partial charge in [-0.1, -0.05) is 0 Å². The number of halogens is 1. The Labute approximate surface area is 263 Å². The average molecular weight is 385 g/mol. The Morgan fingerprint density at radius 3 is 0.733 bits per heavy atom. The normalized spacial score (nSPS) is 7.87. The van der Waals surface area contributed by atoms with E-state index < -0.39 is 15.6 Å². The molecule has 0 spiro atoms. The van der Waals surface area contributed by atoms with Crippen molar-refractivity contribution in [3.8, 4) is 0 Å². The monoisotopic (exact) mass is 384 g/mol. The van der Waals surface area contributed by atoms with Crippen LogP contribution in [0.3, 0.4) is 0 Å². The molecule has 15 heavy (non-hydrogen) atoms. The molecule has 0 aliphatic carbocycles. The molecule has 8 nitrogen and oxygen atoms in total. The van der Waals surface area contributed by atoms with Gasteiger partial charge >= 0.3 is 206 Å². The molecule has 3 N–H and O–H groups in total. The van der Waals surface area contributed by atoms with Crippen LogP contribution in [-0.2, 0) is 9.13 Å². The number of hydrogen-bond donors (Lipinski definition) is 3. The molecular formula is H3ClK4O8P2. The van der Waals surface area contributed by atoms with Crippen LogP contribution in [-0.4, -0.2) is 14.7 Å². The van der Waals surface area contributed by atoms with E-state index in [0.717, 1.165) is 0 Å². The molecule has 0 amide bonds. The third-order valence-electron chi connectivity index (χ3n) is 0. The largest absolute Gasteiger partial charge is 1.00 e. The van der Waals surface area contributed by atoms with Crippen molar-refractivity contribution in [1.82, 2.24) is 0 Å². The van der Waals surface area contributed by atoms with E-state index in [9.17, 15) is 0 Å². The number of hydrogen-bond acceptors (Lipinski definition) is 5. The Bertz CT molecular complexity index is 137. The molecule has 0 bridgehead atoms. The van der Waals surface area contributed by atoms with Crippen molar-refractivity contribution in [3.05, 3.63) is 0 Å². The molecule has 0 unspecified atom stereocenters. The second kappa shape index (κ2) is 23.3. The Balaban J connectivity index is -0.0000000128. The molecule has 0 saturated carbocycles. The molecular weight excluding hydrogens is 382 g/mol. The van der Waals surface area contributed by atoms with Crippen molar-refractivity contribution in [2.24, 2.45) is 0 Å². The van der Waals surface area contributed by atoms with E-state index >= 15 is 0 Å². The summed E-state index contributed by atoms with van der Waals surface area (Å²) in [7, 11) is -10.0. The van der Waals surface area contributed by atoms with Gasteiger partial charge in [-0.15, -0.1) is 0 Å². The summed E-state index contributed by atoms with van der Waals surface area (Å²) < 4.78 is 17.4. The first-order valence-corrected chi connectivity index (χ1v) is 4.54. The zero-order valence-corrected chi connectivity index (χ0v) is 23.7. The Morgan fingerprint density at radius 1 is 0.733 bits per heavy atom. The quantitative estimate of drug-likeness (QED) is 0.273. The molecule has 0 saturated heterocycles. The zero-order valence-electron chi connectivity index (χ0n) is 8.66. The standard InChI is InChI=1S/ClH.4K.2H3O4P/c;;;;;2*1-5(2,3)4/h1H;;;;;2*(H3,1,2,3,4)/q;4*+1;;/p-4. The SMILES string of the molecule is O=P([O-])(O)O.O=P([O-])([O-])O.[Cl-].[K+].[K+].[K+].[K+]. The summed E-state index contributed by atoms with van der Waals surface area (Å²) in [6, 6.07) is 0. The summed E-state index contributed by atoms with van der Waals surface area (Å²) in [6.07, 6.45) is 0. The fraction of sp³-hybridized carbons (Fsp3) is 0. The minimum absolute atomic E-state index is 0. The molecule has 0 rings (SSSR count). The first kappa shape index (κ1) is 43.1. The summed E-state index contributed by atoms with van der Waals surface area (Å²) in [5.74, 6) is 0. The maximum Gasteiger partial charge on any atom is 1.00 e. The smallest absolute Gasteiger partial charge is 1.00 e. The van der Waals surface area contributed by atoms with Crippen molar-refractivity contribution in [3.63, 3.8) is 0 Å². The summed E-state index contributed by atoms with van der Waals surface area (Å²) in [6.45, 7) is 0. The Hall–Kier alpha value is 7.06. The third kappa shape index (κ3) is 154. The first-order chi connectivity index (χ1) is 4.00. The van der Waals surface area contributed by atoms with Gasteiger partial charge in [-0.2, -0.15) is 0 Å². The van der Waals surface area contributed by atoms with Crippen molar-refractivity contribution in [1.29, 1.82) is 0 Å². The fourth-order valence-corrected chi connectivity index (χ4v) is 0. The van der Waals surface area contributed by atoms with E-state index in [1.54, 1.807) is 0 Å². The van der Waals surface area contributed by atoms with E-state index in [1.165, 1.54) is 0 Å². The van der Waals surface area contributed by atoms with Crippen molar-refractivity contribution >= 4 is 15.6 Å². The first-order valence-electron chi connectivity index (χ1n) is 1.51. The molecule has 0 fully saturated rings. The minimum Gasteiger partial charge on any atom is -1.00 e. The molecule has 0 aromatic rings. The summed E-state index contributed by atoms with van der Waals surface area (Å²) >= 11 is 0. The molecule has 0 aliphatic rings. The van der Waals surface area contributed by atoms with E-state index in [1.807, 2.05) is 0 Å². The van der Waals surface area contributed by atoms with Crippen LogP contribution >= 0.6 is 15.6 Å². The number of rotatable bonds is 0. The van der Waals surface area contributed by atoms with Gasteiger partial charge in [0.2, 0.25) is 0 Å². The summed E-state index contributed by atoms with van der Waals surface area (Å²) in [5.41, 5.74) is 0. The van der Waals surface area contributed by atoms with E-state index in [-0.39, 0.29) is 218 Å². The molecule has 0 aromatic carbocycles. The number of phosphoric acid groups is 2. The second-order valence-electron chi connectivity index (χ2n) is 0.959. The predicted octanol–water partition coefficient (Wildman–Crippen LogP) is -18.7. The van der Waals surface area contributed by atoms with Gasteiger partial charge in [0.15, 0.2) is 0 Å². The van der Waals surface area contributed by atoms with Crippen LogP contribution in [0, 0.1) is 0 Å². The Kier molecular flexibility index (Phi) is 67.1. The summed E-state index contributed by atoms with van der Waals surface area (Å²) in [5, 5.41) is 0. The van der Waals surface area contributed by atoms with Gasteiger partial charge in [-0.3, -0.25) is 4.57 Å². The van der Waals surface area contributed by atoms with Crippen LogP contribution in [0.1, 0.15) is 0 Å². The Morgan fingerprint density at radius 2 is 0.733 bits per heavy atom. The summed E-state index contributed by atoms with van der Waals surface area (Å²) in [4.78, 5) is 47.2. The fourth-order valence-electron chi connectivity index (χ4n) is 0. The van der Waals surface area contributed by atoms with Crippen LogP contribution in [0.25, 0.3) is 0 Å². The van der Waals surface area contributed by atoms with Crippen molar-refractivity contribution in [2.75, 3.05) is 0 Å². The molecule has 0 aliphatic heterocycles. The second-order valence-corrected chi connectivity index (χ2v) is 2.88. The molecule has 0 aromatic heterocycles. The topological polar surface area (TPSA) is 164 Å². The van der Waals surface area contributed by atoms with Crippen molar-refractivity contribution < 1.29 is 256 Å². The van der Waals surface area contributed by atoms with Crippen molar-refractivity contribution in [2.45, 2.75) is 0 Å². The van der Waals surface area contributed by atoms with E-state index in [0.29, 0.717) is 0 Å². The van der Waals surface area contributed by atoms with Crippen LogP contribution < -0.4 is 233 Å². The third-order valence-corrected chi connectivity index (χ3v) is 0. The minimum atomic E-state index is -5.14. The average Bonchev–Trinajstić information content (AvgIpc) is 1.12.